The summed E-state index contributed by atoms with van der Waals surface area (Å²) in [6, 6.07) is 16.7. The van der Waals surface area contributed by atoms with Crippen molar-refractivity contribution in [1.82, 2.24) is 0 Å². The maximum Gasteiger partial charge on any atom is 0.0921 e. The number of hydrogen-bond donors (Lipinski definition) is 0. The summed E-state index contributed by atoms with van der Waals surface area (Å²) in [6.07, 6.45) is 6.64. The highest BCUT2D eigenvalue weighted by Gasteiger charge is 2.37. The van der Waals surface area contributed by atoms with Crippen LogP contribution in [0.1, 0.15) is 17.5 Å². The van der Waals surface area contributed by atoms with Gasteiger partial charge in [0.15, 0.2) is 0 Å². The molecule has 0 aliphatic carbocycles. The van der Waals surface area contributed by atoms with Crippen molar-refractivity contribution in [1.29, 1.82) is 0 Å². The number of hydroxylamine groups is 1. The lowest BCUT2D eigenvalue weighted by molar-refractivity contribution is 0.0753. The summed E-state index contributed by atoms with van der Waals surface area (Å²) >= 11 is 6.10. The van der Waals surface area contributed by atoms with Crippen molar-refractivity contribution in [3.8, 4) is 0 Å². The summed E-state index contributed by atoms with van der Waals surface area (Å²) in [5.74, 6) is 0. The number of hydrogen-bond acceptors (Lipinski definition) is 2. The second kappa shape index (κ2) is 5.21. The molecule has 0 spiro atoms. The molecular weight excluding hydrogens is 282 g/mol. The lowest BCUT2D eigenvalue weighted by Gasteiger charge is -2.29. The van der Waals surface area contributed by atoms with E-state index in [0.717, 1.165) is 23.6 Å². The zero-order valence-electron chi connectivity index (χ0n) is 11.6. The van der Waals surface area contributed by atoms with Crippen LogP contribution in [0.25, 0.3) is 6.08 Å². The van der Waals surface area contributed by atoms with E-state index in [9.17, 15) is 0 Å². The number of benzene rings is 2. The van der Waals surface area contributed by atoms with Crippen LogP contribution in [0.3, 0.4) is 0 Å². The molecule has 2 atom stereocenters. The van der Waals surface area contributed by atoms with Gasteiger partial charge in [0.05, 0.1) is 17.8 Å². The van der Waals surface area contributed by atoms with E-state index in [0.29, 0.717) is 0 Å². The monoisotopic (exact) mass is 297 g/mol. The van der Waals surface area contributed by atoms with E-state index < -0.39 is 0 Å². The Kier molecular flexibility index (Phi) is 3.21. The third-order valence-corrected chi connectivity index (χ3v) is 4.34. The largest absolute Gasteiger partial charge is 0.269 e. The van der Waals surface area contributed by atoms with E-state index >= 15 is 0 Å². The predicted molar refractivity (Wildman–Crippen MR) is 86.4 cm³/mol. The van der Waals surface area contributed by atoms with Gasteiger partial charge in [-0.2, -0.15) is 0 Å². The van der Waals surface area contributed by atoms with Gasteiger partial charge in [-0.15, -0.1) is 0 Å². The van der Waals surface area contributed by atoms with Crippen LogP contribution < -0.4 is 5.06 Å². The average molecular weight is 298 g/mol. The molecule has 21 heavy (non-hydrogen) atoms. The molecule has 0 N–H and O–H groups in total. The van der Waals surface area contributed by atoms with Crippen LogP contribution >= 0.6 is 11.6 Å². The van der Waals surface area contributed by atoms with Gasteiger partial charge in [-0.1, -0.05) is 54.1 Å². The SMILES string of the molecule is Clc1ccc2c(c1)CC1CC(C=Cc3ccccc3)N2O1. The molecule has 2 nitrogen and oxygen atoms in total. The highest BCUT2D eigenvalue weighted by atomic mass is 35.5. The van der Waals surface area contributed by atoms with Crippen molar-refractivity contribution in [2.75, 3.05) is 5.06 Å². The Balaban J connectivity index is 1.61. The topological polar surface area (TPSA) is 12.5 Å². The van der Waals surface area contributed by atoms with Crippen LogP contribution in [0.5, 0.6) is 0 Å². The number of rotatable bonds is 2. The number of fused-ring (bicyclic) bond motifs is 4. The first kappa shape index (κ1) is 12.9. The third kappa shape index (κ3) is 2.45. The van der Waals surface area contributed by atoms with Crippen molar-refractivity contribution in [2.24, 2.45) is 0 Å². The van der Waals surface area contributed by atoms with Gasteiger partial charge in [-0.05, 0) is 29.3 Å². The molecule has 0 radical (unpaired) electrons. The maximum atomic E-state index is 6.10. The summed E-state index contributed by atoms with van der Waals surface area (Å²) < 4.78 is 0. The molecule has 2 heterocycles. The minimum atomic E-state index is 0.265. The molecule has 3 heteroatoms. The Bertz CT molecular complexity index is 683. The van der Waals surface area contributed by atoms with E-state index in [4.69, 9.17) is 16.4 Å². The van der Waals surface area contributed by atoms with Crippen molar-refractivity contribution in [3.63, 3.8) is 0 Å². The smallest absolute Gasteiger partial charge is 0.0921 e. The molecule has 2 aromatic carbocycles. The molecule has 0 aromatic heterocycles. The zero-order chi connectivity index (χ0) is 14.2. The molecule has 2 bridgehead atoms. The number of anilines is 1. The van der Waals surface area contributed by atoms with E-state index in [1.54, 1.807) is 0 Å². The van der Waals surface area contributed by atoms with Crippen LogP contribution in [0.15, 0.2) is 54.6 Å². The fraction of sp³-hybridized carbons (Fsp3) is 0.222. The van der Waals surface area contributed by atoms with Gasteiger partial charge < -0.3 is 0 Å². The standard InChI is InChI=1S/C18H16ClNO/c19-15-7-9-18-14(10-15)11-17-12-16(20(18)21-17)8-6-13-4-2-1-3-5-13/h1-10,16-17H,11-12H2. The predicted octanol–water partition coefficient (Wildman–Crippen LogP) is 4.49. The summed E-state index contributed by atoms with van der Waals surface area (Å²) in [5.41, 5.74) is 3.65. The first-order valence-electron chi connectivity index (χ1n) is 7.27. The highest BCUT2D eigenvalue weighted by Crippen LogP contribution is 2.39. The quantitative estimate of drug-likeness (QED) is 0.810. The summed E-state index contributed by atoms with van der Waals surface area (Å²) in [5, 5.41) is 2.84. The number of halogens is 1. The Morgan fingerprint density at radius 3 is 2.86 bits per heavy atom. The van der Waals surface area contributed by atoms with E-state index in [-0.39, 0.29) is 12.1 Å². The van der Waals surface area contributed by atoms with Crippen LogP contribution in [0.2, 0.25) is 5.02 Å². The molecular formula is C18H16ClNO. The number of nitrogens with zero attached hydrogens (tertiary/aromatic N) is 1. The fourth-order valence-corrected chi connectivity index (χ4v) is 3.32. The van der Waals surface area contributed by atoms with Crippen LogP contribution in [-0.4, -0.2) is 12.1 Å². The first-order chi connectivity index (χ1) is 10.3. The van der Waals surface area contributed by atoms with Gasteiger partial charge in [0, 0.05) is 17.9 Å². The second-order valence-electron chi connectivity index (χ2n) is 5.60. The zero-order valence-corrected chi connectivity index (χ0v) is 12.3. The summed E-state index contributed by atoms with van der Waals surface area (Å²) in [4.78, 5) is 6.00. The molecule has 4 rings (SSSR count). The molecule has 2 aromatic rings. The molecule has 1 saturated heterocycles. The van der Waals surface area contributed by atoms with E-state index in [2.05, 4.69) is 48.6 Å². The molecule has 106 valence electrons. The van der Waals surface area contributed by atoms with Crippen molar-refractivity contribution in [3.05, 3.63) is 70.8 Å². The summed E-state index contributed by atoms with van der Waals surface area (Å²) in [6.45, 7) is 0. The van der Waals surface area contributed by atoms with E-state index in [1.165, 1.54) is 11.1 Å². The van der Waals surface area contributed by atoms with Gasteiger partial charge in [-0.3, -0.25) is 4.84 Å². The minimum absolute atomic E-state index is 0.265. The molecule has 0 saturated carbocycles. The van der Waals surface area contributed by atoms with Gasteiger partial charge in [-0.25, -0.2) is 5.06 Å². The van der Waals surface area contributed by atoms with Crippen molar-refractivity contribution in [2.45, 2.75) is 25.0 Å². The van der Waals surface area contributed by atoms with Crippen LogP contribution in [-0.2, 0) is 11.3 Å². The normalized spacial score (nSPS) is 23.6. The maximum absolute atomic E-state index is 6.10. The molecule has 2 aliphatic rings. The Morgan fingerprint density at radius 1 is 1.14 bits per heavy atom. The van der Waals surface area contributed by atoms with Crippen molar-refractivity contribution < 1.29 is 4.84 Å². The summed E-state index contributed by atoms with van der Waals surface area (Å²) in [7, 11) is 0. The van der Waals surface area contributed by atoms with Crippen LogP contribution in [0.4, 0.5) is 5.69 Å². The van der Waals surface area contributed by atoms with E-state index in [1.807, 2.05) is 17.2 Å². The lowest BCUT2D eigenvalue weighted by atomic mass is 10.0. The third-order valence-electron chi connectivity index (χ3n) is 4.11. The average Bonchev–Trinajstić information content (AvgIpc) is 2.83. The minimum Gasteiger partial charge on any atom is -0.269 e. The van der Waals surface area contributed by atoms with Gasteiger partial charge in [0.2, 0.25) is 0 Å². The lowest BCUT2D eigenvalue weighted by Crippen LogP contribution is -2.30. The van der Waals surface area contributed by atoms with Gasteiger partial charge in [0.25, 0.3) is 0 Å². The van der Waals surface area contributed by atoms with Crippen molar-refractivity contribution >= 4 is 23.4 Å². The Hall–Kier alpha value is -1.77. The molecule has 1 fully saturated rings. The Labute approximate surface area is 129 Å². The molecule has 2 aliphatic heterocycles. The highest BCUT2D eigenvalue weighted by molar-refractivity contribution is 6.30. The Morgan fingerprint density at radius 2 is 2.00 bits per heavy atom. The molecule has 2 unspecified atom stereocenters. The first-order valence-corrected chi connectivity index (χ1v) is 7.65. The van der Waals surface area contributed by atoms with Gasteiger partial charge >= 0.3 is 0 Å². The second-order valence-corrected chi connectivity index (χ2v) is 6.04. The van der Waals surface area contributed by atoms with Crippen LogP contribution in [0, 0.1) is 0 Å². The fourth-order valence-electron chi connectivity index (χ4n) is 3.12. The molecule has 0 amide bonds. The van der Waals surface area contributed by atoms with Gasteiger partial charge in [0.1, 0.15) is 0 Å².